The van der Waals surface area contributed by atoms with Gasteiger partial charge in [-0.1, -0.05) is 0 Å². The number of carbonyl (C=O) groups is 2. The molecule has 0 N–H and O–H groups in total. The van der Waals surface area contributed by atoms with Gasteiger partial charge in [-0.25, -0.2) is 0 Å². The van der Waals surface area contributed by atoms with Crippen molar-refractivity contribution >= 4 is 11.8 Å². The summed E-state index contributed by atoms with van der Waals surface area (Å²) in [5, 5.41) is 3.93. The van der Waals surface area contributed by atoms with Crippen LogP contribution in [0.25, 0.3) is 0 Å². The van der Waals surface area contributed by atoms with Crippen LogP contribution in [0, 0.1) is 0 Å². The Morgan fingerprint density at radius 2 is 2.29 bits per heavy atom. The van der Waals surface area contributed by atoms with Crippen LogP contribution >= 0.6 is 0 Å². The number of nitrogens with zero attached hydrogens (tertiary/aromatic N) is 2. The predicted octanol–water partition coefficient (Wildman–Crippen LogP) is 0.649. The number of aryl methyl sites for hydroxylation is 1. The number of hydrogen-bond donors (Lipinski definition) is 0. The molecule has 0 spiro atoms. The molecule has 0 aliphatic rings. The Labute approximate surface area is 81.7 Å². The largest absolute Gasteiger partial charge is 0.469 e. The zero-order valence-electron chi connectivity index (χ0n) is 8.19. The van der Waals surface area contributed by atoms with Gasteiger partial charge in [-0.05, 0) is 6.92 Å². The monoisotopic (exact) mass is 196 g/mol. The second kappa shape index (κ2) is 4.55. The highest BCUT2D eigenvalue weighted by atomic mass is 16.5. The number of carbonyl (C=O) groups excluding carboxylic acids is 2. The summed E-state index contributed by atoms with van der Waals surface area (Å²) in [6, 6.07) is 0. The molecule has 0 bridgehead atoms. The van der Waals surface area contributed by atoms with Crippen molar-refractivity contribution in [1.29, 1.82) is 0 Å². The zero-order valence-corrected chi connectivity index (χ0v) is 8.19. The number of Topliss-reactive ketones (excluding diaryl/α,β-unsaturated/α-hetero) is 1. The van der Waals surface area contributed by atoms with E-state index in [9.17, 15) is 9.59 Å². The van der Waals surface area contributed by atoms with Crippen molar-refractivity contribution in [3.05, 3.63) is 18.0 Å². The lowest BCUT2D eigenvalue weighted by Gasteiger charge is -1.95. The molecule has 1 aromatic heterocycles. The molecule has 14 heavy (non-hydrogen) atoms. The summed E-state index contributed by atoms with van der Waals surface area (Å²) in [7, 11) is 1.26. The van der Waals surface area contributed by atoms with Gasteiger partial charge in [-0.2, -0.15) is 5.10 Å². The number of hydrogen-bond acceptors (Lipinski definition) is 4. The van der Waals surface area contributed by atoms with E-state index in [-0.39, 0.29) is 12.2 Å². The van der Waals surface area contributed by atoms with Gasteiger partial charge >= 0.3 is 5.97 Å². The first-order valence-electron chi connectivity index (χ1n) is 4.29. The lowest BCUT2D eigenvalue weighted by molar-refractivity contribution is -0.139. The normalized spacial score (nSPS) is 9.86. The molecule has 0 saturated carbocycles. The van der Waals surface area contributed by atoms with E-state index < -0.39 is 5.97 Å². The quantitative estimate of drug-likeness (QED) is 0.403. The number of ketones is 1. The zero-order chi connectivity index (χ0) is 10.6. The molecule has 0 aromatic carbocycles. The van der Waals surface area contributed by atoms with Crippen molar-refractivity contribution in [2.45, 2.75) is 19.9 Å². The molecule has 0 radical (unpaired) electrons. The standard InChI is InChI=1S/C9H12N2O3/c1-3-11-6-7(5-10-11)8(12)4-9(13)14-2/h5-6H,3-4H2,1-2H3. The smallest absolute Gasteiger partial charge is 0.313 e. The molecule has 0 unspecified atom stereocenters. The molecule has 0 aliphatic heterocycles. The third-order valence-corrected chi connectivity index (χ3v) is 1.81. The number of methoxy groups -OCH3 is 1. The van der Waals surface area contributed by atoms with E-state index in [1.54, 1.807) is 10.9 Å². The molecule has 5 nitrogen and oxygen atoms in total. The van der Waals surface area contributed by atoms with Crippen LogP contribution in [0.1, 0.15) is 23.7 Å². The van der Waals surface area contributed by atoms with Gasteiger partial charge in [0, 0.05) is 12.7 Å². The Balaban J connectivity index is 2.65. The molecule has 1 aromatic rings. The van der Waals surface area contributed by atoms with Crippen LogP contribution in [0.3, 0.4) is 0 Å². The maximum Gasteiger partial charge on any atom is 0.313 e. The lowest BCUT2D eigenvalue weighted by Crippen LogP contribution is -2.08. The lowest BCUT2D eigenvalue weighted by atomic mass is 10.2. The van der Waals surface area contributed by atoms with Gasteiger partial charge in [0.05, 0.1) is 18.9 Å². The Kier molecular flexibility index (Phi) is 3.39. The first-order valence-corrected chi connectivity index (χ1v) is 4.29. The Morgan fingerprint density at radius 1 is 1.57 bits per heavy atom. The van der Waals surface area contributed by atoms with E-state index in [0.29, 0.717) is 12.1 Å². The van der Waals surface area contributed by atoms with Gasteiger partial charge in [-0.15, -0.1) is 0 Å². The van der Waals surface area contributed by atoms with Gasteiger partial charge in [-0.3, -0.25) is 14.3 Å². The summed E-state index contributed by atoms with van der Waals surface area (Å²) >= 11 is 0. The maximum atomic E-state index is 11.4. The molecular weight excluding hydrogens is 184 g/mol. The molecular formula is C9H12N2O3. The highest BCUT2D eigenvalue weighted by Gasteiger charge is 2.13. The molecule has 5 heteroatoms. The van der Waals surface area contributed by atoms with Gasteiger partial charge < -0.3 is 4.74 Å². The van der Waals surface area contributed by atoms with E-state index in [1.165, 1.54) is 13.3 Å². The van der Waals surface area contributed by atoms with Crippen molar-refractivity contribution in [2.75, 3.05) is 7.11 Å². The molecule has 0 saturated heterocycles. The van der Waals surface area contributed by atoms with Crippen LogP contribution in [0.15, 0.2) is 12.4 Å². The fraction of sp³-hybridized carbons (Fsp3) is 0.444. The van der Waals surface area contributed by atoms with Crippen molar-refractivity contribution in [3.8, 4) is 0 Å². The molecule has 76 valence electrons. The van der Waals surface area contributed by atoms with E-state index >= 15 is 0 Å². The highest BCUT2D eigenvalue weighted by Crippen LogP contribution is 2.02. The summed E-state index contributed by atoms with van der Waals surface area (Å²) in [5.74, 6) is -0.796. The van der Waals surface area contributed by atoms with Crippen LogP contribution in [-0.4, -0.2) is 28.6 Å². The van der Waals surface area contributed by atoms with Gasteiger partial charge in [0.1, 0.15) is 6.42 Å². The highest BCUT2D eigenvalue weighted by molar-refractivity contribution is 6.05. The van der Waals surface area contributed by atoms with Crippen LogP contribution in [-0.2, 0) is 16.1 Å². The predicted molar refractivity (Wildman–Crippen MR) is 48.9 cm³/mol. The topological polar surface area (TPSA) is 61.2 Å². The summed E-state index contributed by atoms with van der Waals surface area (Å²) in [6.07, 6.45) is 2.84. The minimum atomic E-state index is -0.528. The van der Waals surface area contributed by atoms with E-state index in [1.807, 2.05) is 6.92 Å². The Bertz CT molecular complexity index is 344. The van der Waals surface area contributed by atoms with Gasteiger partial charge in [0.2, 0.25) is 0 Å². The van der Waals surface area contributed by atoms with Crippen LogP contribution in [0.5, 0.6) is 0 Å². The summed E-state index contributed by atoms with van der Waals surface area (Å²) in [5.41, 5.74) is 0.442. The number of esters is 1. The van der Waals surface area contributed by atoms with Gasteiger partial charge in [0.25, 0.3) is 0 Å². The van der Waals surface area contributed by atoms with Crippen molar-refractivity contribution in [1.82, 2.24) is 9.78 Å². The summed E-state index contributed by atoms with van der Waals surface area (Å²) in [6.45, 7) is 2.62. The average Bonchev–Trinajstić information content (AvgIpc) is 2.65. The third kappa shape index (κ3) is 2.42. The first-order chi connectivity index (χ1) is 6.67. The van der Waals surface area contributed by atoms with Crippen molar-refractivity contribution in [2.24, 2.45) is 0 Å². The van der Waals surface area contributed by atoms with Crippen LogP contribution < -0.4 is 0 Å². The van der Waals surface area contributed by atoms with Gasteiger partial charge in [0.15, 0.2) is 5.78 Å². The maximum absolute atomic E-state index is 11.4. The van der Waals surface area contributed by atoms with E-state index in [4.69, 9.17) is 0 Å². The molecule has 1 heterocycles. The average molecular weight is 196 g/mol. The minimum Gasteiger partial charge on any atom is -0.469 e. The number of rotatable bonds is 4. The fourth-order valence-corrected chi connectivity index (χ4v) is 0.986. The molecule has 0 aliphatic carbocycles. The minimum absolute atomic E-state index is 0.230. The first kappa shape index (κ1) is 10.4. The SMILES string of the molecule is CCn1cc(C(=O)CC(=O)OC)cn1. The molecule has 1 rings (SSSR count). The molecule has 0 atom stereocenters. The summed E-state index contributed by atoms with van der Waals surface area (Å²) in [4.78, 5) is 22.2. The van der Waals surface area contributed by atoms with Crippen molar-refractivity contribution < 1.29 is 14.3 Å². The number of ether oxygens (including phenoxy) is 1. The Morgan fingerprint density at radius 3 is 2.79 bits per heavy atom. The van der Waals surface area contributed by atoms with Crippen molar-refractivity contribution in [3.63, 3.8) is 0 Å². The second-order valence-corrected chi connectivity index (χ2v) is 2.76. The third-order valence-electron chi connectivity index (χ3n) is 1.81. The summed E-state index contributed by atoms with van der Waals surface area (Å²) < 4.78 is 6.02. The molecule has 0 fully saturated rings. The van der Waals surface area contributed by atoms with Crippen LogP contribution in [0.4, 0.5) is 0 Å². The van der Waals surface area contributed by atoms with Crippen LogP contribution in [0.2, 0.25) is 0 Å². The second-order valence-electron chi connectivity index (χ2n) is 2.76. The van der Waals surface area contributed by atoms with E-state index in [0.717, 1.165) is 0 Å². The fourth-order valence-electron chi connectivity index (χ4n) is 0.986. The van der Waals surface area contributed by atoms with E-state index in [2.05, 4.69) is 9.84 Å². The Hall–Kier alpha value is -1.65. The molecule has 0 amide bonds. The number of aromatic nitrogens is 2.